The van der Waals surface area contributed by atoms with Crippen LogP contribution in [-0.4, -0.2) is 25.2 Å². The van der Waals surface area contributed by atoms with Crippen molar-refractivity contribution in [2.24, 2.45) is 5.92 Å². The number of thiazole rings is 1. The van der Waals surface area contributed by atoms with Crippen LogP contribution in [0, 0.1) is 12.8 Å². The highest BCUT2D eigenvalue weighted by Crippen LogP contribution is 2.18. The second-order valence-corrected chi connectivity index (χ2v) is 5.55. The molecule has 0 bridgehead atoms. The zero-order valence-corrected chi connectivity index (χ0v) is 11.5. The molecule has 1 aromatic rings. The summed E-state index contributed by atoms with van der Waals surface area (Å²) in [4.78, 5) is 5.90. The van der Waals surface area contributed by atoms with Crippen LogP contribution < -0.4 is 5.32 Å². The molecule has 0 amide bonds. The highest BCUT2D eigenvalue weighted by molar-refractivity contribution is 7.11. The van der Waals surface area contributed by atoms with E-state index in [9.17, 15) is 0 Å². The van der Waals surface area contributed by atoms with E-state index in [0.717, 1.165) is 31.8 Å². The minimum Gasteiger partial charge on any atom is -0.384 e. The van der Waals surface area contributed by atoms with E-state index in [0.29, 0.717) is 5.92 Å². The summed E-state index contributed by atoms with van der Waals surface area (Å²) >= 11 is 1.80. The molecule has 0 aromatic carbocycles. The minimum atomic E-state index is 0.696. The van der Waals surface area contributed by atoms with Crippen LogP contribution in [0.2, 0.25) is 0 Å². The molecular formula is C12H22N2OS. The first kappa shape index (κ1) is 13.6. The molecule has 0 spiro atoms. The molecule has 3 nitrogen and oxygen atoms in total. The Morgan fingerprint density at radius 2 is 2.19 bits per heavy atom. The number of hydrogen-bond donors (Lipinski definition) is 1. The van der Waals surface area contributed by atoms with Crippen LogP contribution in [0.3, 0.4) is 0 Å². The lowest BCUT2D eigenvalue weighted by Gasteiger charge is -2.05. The Morgan fingerprint density at radius 3 is 2.81 bits per heavy atom. The number of nitrogens with zero attached hydrogens (tertiary/aromatic N) is 1. The van der Waals surface area contributed by atoms with Crippen LogP contribution in [0.1, 0.15) is 29.4 Å². The van der Waals surface area contributed by atoms with Gasteiger partial charge in [-0.05, 0) is 19.4 Å². The average Bonchev–Trinajstić information content (AvgIpc) is 2.56. The summed E-state index contributed by atoms with van der Waals surface area (Å²) in [5.41, 5.74) is 1.16. The van der Waals surface area contributed by atoms with Crippen molar-refractivity contribution in [3.8, 4) is 0 Å². The van der Waals surface area contributed by atoms with Crippen LogP contribution in [0.15, 0.2) is 0 Å². The van der Waals surface area contributed by atoms with Crippen molar-refractivity contribution >= 4 is 11.3 Å². The lowest BCUT2D eigenvalue weighted by Crippen LogP contribution is -2.18. The third kappa shape index (κ3) is 4.60. The number of methoxy groups -OCH3 is 1. The van der Waals surface area contributed by atoms with Gasteiger partial charge < -0.3 is 10.1 Å². The van der Waals surface area contributed by atoms with E-state index in [4.69, 9.17) is 4.74 Å². The molecule has 92 valence electrons. The molecule has 0 unspecified atom stereocenters. The van der Waals surface area contributed by atoms with Crippen LogP contribution in [0.25, 0.3) is 0 Å². The molecule has 0 aliphatic carbocycles. The lowest BCUT2D eigenvalue weighted by molar-refractivity contribution is 0.202. The maximum atomic E-state index is 5.06. The average molecular weight is 242 g/mol. The third-order valence-corrected chi connectivity index (χ3v) is 3.51. The largest absolute Gasteiger partial charge is 0.384 e. The quantitative estimate of drug-likeness (QED) is 0.797. The predicted molar refractivity (Wildman–Crippen MR) is 69.0 cm³/mol. The molecule has 0 aliphatic rings. The Hall–Kier alpha value is -0.450. The Bertz CT molecular complexity index is 310. The highest BCUT2D eigenvalue weighted by atomic mass is 32.1. The van der Waals surface area contributed by atoms with Crippen molar-refractivity contribution < 1.29 is 4.74 Å². The number of hydrogen-bond acceptors (Lipinski definition) is 4. The topological polar surface area (TPSA) is 34.1 Å². The first-order valence-corrected chi connectivity index (χ1v) is 6.60. The smallest absolute Gasteiger partial charge is 0.0954 e. The van der Waals surface area contributed by atoms with E-state index in [-0.39, 0.29) is 0 Å². The molecule has 1 N–H and O–H groups in total. The van der Waals surface area contributed by atoms with Crippen molar-refractivity contribution in [1.82, 2.24) is 10.3 Å². The molecule has 1 rings (SSSR count). The Labute approximate surface area is 102 Å². The summed E-state index contributed by atoms with van der Waals surface area (Å²) in [5, 5.41) is 4.63. The van der Waals surface area contributed by atoms with Gasteiger partial charge in [0.1, 0.15) is 0 Å². The van der Waals surface area contributed by atoms with Crippen molar-refractivity contribution in [3.05, 3.63) is 15.6 Å². The molecule has 4 heteroatoms. The monoisotopic (exact) mass is 242 g/mol. The SMILES string of the molecule is COCCc1nc(C)c(CNCC(C)C)s1. The molecule has 0 atom stereocenters. The molecule has 0 saturated heterocycles. The van der Waals surface area contributed by atoms with Gasteiger partial charge in [-0.3, -0.25) is 0 Å². The zero-order chi connectivity index (χ0) is 12.0. The Kier molecular flexibility index (Phi) is 5.95. The molecule has 16 heavy (non-hydrogen) atoms. The van der Waals surface area contributed by atoms with E-state index >= 15 is 0 Å². The van der Waals surface area contributed by atoms with E-state index < -0.39 is 0 Å². The maximum absolute atomic E-state index is 5.06. The van der Waals surface area contributed by atoms with Gasteiger partial charge in [0, 0.05) is 25.0 Å². The fourth-order valence-corrected chi connectivity index (χ4v) is 2.44. The van der Waals surface area contributed by atoms with Gasteiger partial charge in [0.15, 0.2) is 0 Å². The maximum Gasteiger partial charge on any atom is 0.0954 e. The minimum absolute atomic E-state index is 0.696. The third-order valence-electron chi connectivity index (χ3n) is 2.30. The van der Waals surface area contributed by atoms with Crippen LogP contribution in [0.5, 0.6) is 0 Å². The number of ether oxygens (including phenoxy) is 1. The van der Waals surface area contributed by atoms with Gasteiger partial charge in [-0.2, -0.15) is 0 Å². The van der Waals surface area contributed by atoms with Crippen molar-refractivity contribution in [2.45, 2.75) is 33.7 Å². The van der Waals surface area contributed by atoms with Gasteiger partial charge in [0.2, 0.25) is 0 Å². The highest BCUT2D eigenvalue weighted by Gasteiger charge is 2.07. The summed E-state index contributed by atoms with van der Waals surface area (Å²) < 4.78 is 5.06. The van der Waals surface area contributed by atoms with Gasteiger partial charge in [0.25, 0.3) is 0 Å². The molecular weight excluding hydrogens is 220 g/mol. The van der Waals surface area contributed by atoms with E-state index in [1.165, 1.54) is 9.88 Å². The van der Waals surface area contributed by atoms with Gasteiger partial charge >= 0.3 is 0 Å². The molecule has 1 heterocycles. The summed E-state index contributed by atoms with van der Waals surface area (Å²) in [7, 11) is 1.73. The zero-order valence-electron chi connectivity index (χ0n) is 10.7. The number of nitrogens with one attached hydrogen (secondary N) is 1. The predicted octanol–water partition coefficient (Wildman–Crippen LogP) is 2.39. The summed E-state index contributed by atoms with van der Waals surface area (Å²) in [6.07, 6.45) is 0.923. The van der Waals surface area contributed by atoms with Crippen LogP contribution >= 0.6 is 11.3 Å². The second-order valence-electron chi connectivity index (χ2n) is 4.38. The van der Waals surface area contributed by atoms with E-state index in [2.05, 4.69) is 31.1 Å². The Balaban J connectivity index is 2.43. The van der Waals surface area contributed by atoms with E-state index in [1.807, 2.05) is 0 Å². The van der Waals surface area contributed by atoms with Crippen molar-refractivity contribution in [1.29, 1.82) is 0 Å². The molecule has 1 aromatic heterocycles. The molecule has 0 fully saturated rings. The van der Waals surface area contributed by atoms with Crippen molar-refractivity contribution in [2.75, 3.05) is 20.3 Å². The van der Waals surface area contributed by atoms with Gasteiger partial charge in [-0.25, -0.2) is 4.98 Å². The van der Waals surface area contributed by atoms with Gasteiger partial charge in [-0.15, -0.1) is 11.3 Å². The number of rotatable bonds is 7. The van der Waals surface area contributed by atoms with Gasteiger partial charge in [-0.1, -0.05) is 13.8 Å². The molecule has 0 radical (unpaired) electrons. The fourth-order valence-electron chi connectivity index (χ4n) is 1.42. The first-order chi connectivity index (χ1) is 7.63. The first-order valence-electron chi connectivity index (χ1n) is 5.78. The number of aromatic nitrogens is 1. The van der Waals surface area contributed by atoms with Gasteiger partial charge in [0.05, 0.1) is 17.3 Å². The second kappa shape index (κ2) is 6.99. The number of aryl methyl sites for hydroxylation is 1. The molecule has 0 saturated carbocycles. The fraction of sp³-hybridized carbons (Fsp3) is 0.750. The van der Waals surface area contributed by atoms with E-state index in [1.54, 1.807) is 18.4 Å². The summed E-state index contributed by atoms with van der Waals surface area (Å²) in [5.74, 6) is 0.696. The lowest BCUT2D eigenvalue weighted by atomic mass is 10.2. The van der Waals surface area contributed by atoms with Crippen molar-refractivity contribution in [3.63, 3.8) is 0 Å². The standard InChI is InChI=1S/C12H22N2OS/c1-9(2)7-13-8-11-10(3)14-12(16-11)5-6-15-4/h9,13H,5-8H2,1-4H3. The normalized spacial score (nSPS) is 11.3. The molecule has 0 aliphatic heterocycles. The summed E-state index contributed by atoms with van der Waals surface area (Å²) in [6, 6.07) is 0. The summed E-state index contributed by atoms with van der Waals surface area (Å²) in [6.45, 7) is 9.28. The Morgan fingerprint density at radius 1 is 1.44 bits per heavy atom. The van der Waals surface area contributed by atoms with Crippen LogP contribution in [-0.2, 0) is 17.7 Å². The van der Waals surface area contributed by atoms with Crippen LogP contribution in [0.4, 0.5) is 0 Å².